The molecule has 10 heteroatoms. The summed E-state index contributed by atoms with van der Waals surface area (Å²) in [5.74, 6) is -0.968. The molecule has 7 rings (SSSR count). The normalized spacial score (nSPS) is 17.7. The Balaban J connectivity index is 1.14. The first-order valence-corrected chi connectivity index (χ1v) is 17.0. The number of carbonyl (C=O) groups excluding carboxylic acids is 2. The number of pyridine rings is 1. The van der Waals surface area contributed by atoms with Gasteiger partial charge in [0, 0.05) is 54.6 Å². The van der Waals surface area contributed by atoms with Gasteiger partial charge in [0.1, 0.15) is 5.65 Å². The SMILES string of the molecule is Cc1c(-c2ccn3c(=O)c(CNC[C@H]4CCC(=O)N4)cnc3c2)cccc1-c1cccc(-c2ccc3c(c2)C[C@@H](C(CO)C(N)=O)C3)c1Cl. The smallest absolute Gasteiger partial charge is 0.262 e. The summed E-state index contributed by atoms with van der Waals surface area (Å²) in [6, 6.07) is 22.4. The van der Waals surface area contributed by atoms with Crippen molar-refractivity contribution in [2.75, 3.05) is 13.2 Å². The predicted molar refractivity (Wildman–Crippen MR) is 191 cm³/mol. The molecule has 0 spiro atoms. The van der Waals surface area contributed by atoms with E-state index in [-0.39, 0.29) is 30.0 Å². The van der Waals surface area contributed by atoms with E-state index in [4.69, 9.17) is 17.3 Å². The highest BCUT2D eigenvalue weighted by Gasteiger charge is 2.32. The van der Waals surface area contributed by atoms with E-state index in [9.17, 15) is 19.5 Å². The Bertz CT molecular complexity index is 2160. The minimum absolute atomic E-state index is 0.0130. The first kappa shape index (κ1) is 32.7. The van der Waals surface area contributed by atoms with Crippen LogP contribution in [0.15, 0.2) is 83.9 Å². The summed E-state index contributed by atoms with van der Waals surface area (Å²) in [4.78, 5) is 41.2. The van der Waals surface area contributed by atoms with Crippen molar-refractivity contribution < 1.29 is 14.7 Å². The van der Waals surface area contributed by atoms with Crippen molar-refractivity contribution in [1.82, 2.24) is 20.0 Å². The van der Waals surface area contributed by atoms with Gasteiger partial charge in [0.25, 0.3) is 5.56 Å². The van der Waals surface area contributed by atoms with Crippen molar-refractivity contribution in [2.45, 2.75) is 45.2 Å². The topological polar surface area (TPSA) is 139 Å². The van der Waals surface area contributed by atoms with Crippen LogP contribution in [0.3, 0.4) is 0 Å². The Morgan fingerprint density at radius 1 is 1.02 bits per heavy atom. The number of halogens is 1. The molecule has 1 fully saturated rings. The highest BCUT2D eigenvalue weighted by atomic mass is 35.5. The second-order valence-electron chi connectivity index (χ2n) is 13.2. The second-order valence-corrected chi connectivity index (χ2v) is 13.5. The largest absolute Gasteiger partial charge is 0.396 e. The number of carbonyl (C=O) groups is 2. The van der Waals surface area contributed by atoms with Crippen molar-refractivity contribution in [1.29, 1.82) is 0 Å². The molecular formula is C39H38ClN5O4. The van der Waals surface area contributed by atoms with E-state index in [1.807, 2.05) is 36.4 Å². The summed E-state index contributed by atoms with van der Waals surface area (Å²) in [7, 11) is 0. The number of nitrogens with two attached hydrogens (primary N) is 1. The summed E-state index contributed by atoms with van der Waals surface area (Å²) in [5.41, 5.74) is 15.7. The number of primary amides is 1. The minimum atomic E-state index is -0.559. The molecule has 1 saturated heterocycles. The van der Waals surface area contributed by atoms with Gasteiger partial charge in [-0.05, 0) is 83.2 Å². The number of fused-ring (bicyclic) bond motifs is 2. The Labute approximate surface area is 289 Å². The minimum Gasteiger partial charge on any atom is -0.396 e. The van der Waals surface area contributed by atoms with Crippen LogP contribution in [0.25, 0.3) is 39.0 Å². The molecule has 0 saturated carbocycles. The number of nitrogens with one attached hydrogen (secondary N) is 2. The number of nitrogens with zero attached hydrogens (tertiary/aromatic N) is 2. The molecule has 3 atom stereocenters. The van der Waals surface area contributed by atoms with E-state index in [2.05, 4.69) is 52.9 Å². The Hall–Kier alpha value is -4.83. The van der Waals surface area contributed by atoms with Gasteiger partial charge in [0.05, 0.1) is 17.5 Å². The van der Waals surface area contributed by atoms with E-state index in [1.54, 1.807) is 16.8 Å². The molecule has 2 aromatic heterocycles. The van der Waals surface area contributed by atoms with Gasteiger partial charge in [-0.1, -0.05) is 66.2 Å². The fourth-order valence-electron chi connectivity index (χ4n) is 7.39. The molecule has 49 heavy (non-hydrogen) atoms. The lowest BCUT2D eigenvalue weighted by atomic mass is 9.90. The highest BCUT2D eigenvalue weighted by molar-refractivity contribution is 6.36. The highest BCUT2D eigenvalue weighted by Crippen LogP contribution is 2.41. The van der Waals surface area contributed by atoms with E-state index in [0.29, 0.717) is 48.6 Å². The lowest BCUT2D eigenvalue weighted by Gasteiger charge is -2.17. The van der Waals surface area contributed by atoms with Crippen molar-refractivity contribution >= 4 is 29.1 Å². The van der Waals surface area contributed by atoms with Crippen LogP contribution in [-0.2, 0) is 29.0 Å². The maximum absolute atomic E-state index is 13.3. The fraction of sp³-hybridized carbons (Fsp3) is 0.282. The number of aliphatic hydroxyl groups is 1. The Morgan fingerprint density at radius 2 is 1.76 bits per heavy atom. The van der Waals surface area contributed by atoms with Crippen LogP contribution in [0, 0.1) is 18.8 Å². The third-order valence-electron chi connectivity index (χ3n) is 10.1. The van der Waals surface area contributed by atoms with Crippen molar-refractivity contribution in [3.63, 3.8) is 0 Å². The molecule has 5 aromatic rings. The van der Waals surface area contributed by atoms with Gasteiger partial charge >= 0.3 is 0 Å². The third-order valence-corrected chi connectivity index (χ3v) is 10.5. The summed E-state index contributed by atoms with van der Waals surface area (Å²) in [6.45, 7) is 2.80. The number of aliphatic hydroxyl groups excluding tert-OH is 1. The molecule has 0 radical (unpaired) electrons. The number of rotatable bonds is 10. The molecule has 2 amide bonds. The fourth-order valence-corrected chi connectivity index (χ4v) is 7.73. The summed E-state index contributed by atoms with van der Waals surface area (Å²) in [6.07, 6.45) is 6.13. The molecule has 1 aliphatic heterocycles. The molecule has 5 N–H and O–H groups in total. The monoisotopic (exact) mass is 675 g/mol. The van der Waals surface area contributed by atoms with Crippen LogP contribution in [0.5, 0.6) is 0 Å². The zero-order chi connectivity index (χ0) is 34.2. The molecule has 3 heterocycles. The number of hydrogen-bond acceptors (Lipinski definition) is 6. The second kappa shape index (κ2) is 13.6. The van der Waals surface area contributed by atoms with Crippen LogP contribution in [0.2, 0.25) is 5.02 Å². The van der Waals surface area contributed by atoms with E-state index in [0.717, 1.165) is 50.9 Å². The molecule has 250 valence electrons. The lowest BCUT2D eigenvalue weighted by Crippen LogP contribution is -2.36. The van der Waals surface area contributed by atoms with Crippen LogP contribution >= 0.6 is 11.6 Å². The average Bonchev–Trinajstić information content (AvgIpc) is 3.71. The van der Waals surface area contributed by atoms with Gasteiger partial charge in [-0.2, -0.15) is 0 Å². The zero-order valence-electron chi connectivity index (χ0n) is 27.2. The van der Waals surface area contributed by atoms with Crippen LogP contribution in [0.4, 0.5) is 0 Å². The molecule has 2 aliphatic rings. The standard InChI is InChI=1S/C39H38ClN5O4/c1-22-30(25-12-13-45-35(17-25)43-19-28(39(45)49)18-42-20-29-10-11-36(47)44-29)4-2-5-31(22)33-7-3-6-32(37(33)40)24-9-8-23-14-27(16-26(23)15-24)34(21-46)38(41)48/h2-9,12-13,15,17,19,27,29,34,42,46H,10-11,14,16,18,20-21H2,1H3,(H2,41,48)(H,44,47)/t27-,29+,34?/m0/s1. The van der Waals surface area contributed by atoms with Crippen molar-refractivity contribution in [2.24, 2.45) is 17.6 Å². The first-order chi connectivity index (χ1) is 23.7. The first-order valence-electron chi connectivity index (χ1n) is 16.6. The van der Waals surface area contributed by atoms with Gasteiger partial charge in [-0.3, -0.25) is 18.8 Å². The third kappa shape index (κ3) is 6.37. The molecular weight excluding hydrogens is 638 g/mol. The molecule has 9 nitrogen and oxygen atoms in total. The maximum Gasteiger partial charge on any atom is 0.262 e. The van der Waals surface area contributed by atoms with Crippen LogP contribution in [0.1, 0.15) is 35.1 Å². The molecule has 1 aliphatic carbocycles. The van der Waals surface area contributed by atoms with Gasteiger partial charge in [0.15, 0.2) is 0 Å². The van der Waals surface area contributed by atoms with Crippen LogP contribution < -0.4 is 21.9 Å². The Morgan fingerprint density at radius 3 is 2.51 bits per heavy atom. The van der Waals surface area contributed by atoms with Crippen LogP contribution in [-0.4, -0.2) is 45.5 Å². The lowest BCUT2D eigenvalue weighted by molar-refractivity contribution is -0.124. The quantitative estimate of drug-likeness (QED) is 0.167. The number of hydrogen-bond donors (Lipinski definition) is 4. The van der Waals surface area contributed by atoms with E-state index >= 15 is 0 Å². The molecule has 3 aromatic carbocycles. The molecule has 0 bridgehead atoms. The number of benzene rings is 3. The maximum atomic E-state index is 13.3. The average molecular weight is 676 g/mol. The summed E-state index contributed by atoms with van der Waals surface area (Å²) in [5, 5.41) is 16.6. The van der Waals surface area contributed by atoms with Gasteiger partial charge in [-0.15, -0.1) is 0 Å². The van der Waals surface area contributed by atoms with Gasteiger partial charge < -0.3 is 21.5 Å². The zero-order valence-corrected chi connectivity index (χ0v) is 28.0. The van der Waals surface area contributed by atoms with Gasteiger partial charge in [0.2, 0.25) is 11.8 Å². The van der Waals surface area contributed by atoms with E-state index < -0.39 is 11.8 Å². The number of amides is 2. The molecule has 1 unspecified atom stereocenters. The number of aromatic nitrogens is 2. The van der Waals surface area contributed by atoms with Gasteiger partial charge in [-0.25, -0.2) is 4.98 Å². The van der Waals surface area contributed by atoms with Crippen molar-refractivity contribution in [3.05, 3.63) is 117 Å². The van der Waals surface area contributed by atoms with E-state index in [1.165, 1.54) is 5.56 Å². The van der Waals surface area contributed by atoms with Crippen molar-refractivity contribution in [3.8, 4) is 33.4 Å². The predicted octanol–water partition coefficient (Wildman–Crippen LogP) is 4.83. The Kier molecular flexibility index (Phi) is 9.07. The summed E-state index contributed by atoms with van der Waals surface area (Å²) < 4.78 is 1.56. The summed E-state index contributed by atoms with van der Waals surface area (Å²) >= 11 is 7.17.